The first-order chi connectivity index (χ1) is 41.5. The van der Waals surface area contributed by atoms with Crippen LogP contribution in [0.15, 0.2) is 36.5 Å². The molecule has 6 heteroatoms. The van der Waals surface area contributed by atoms with Crippen molar-refractivity contribution in [3.63, 3.8) is 0 Å². The number of esters is 1. The van der Waals surface area contributed by atoms with Gasteiger partial charge in [0, 0.05) is 12.8 Å². The van der Waals surface area contributed by atoms with Crippen molar-refractivity contribution >= 4 is 11.9 Å². The summed E-state index contributed by atoms with van der Waals surface area (Å²) in [6.45, 7) is 4.90. The van der Waals surface area contributed by atoms with E-state index in [1.54, 1.807) is 6.08 Å². The molecule has 0 aromatic carbocycles. The van der Waals surface area contributed by atoms with Crippen molar-refractivity contribution in [2.75, 3.05) is 13.2 Å². The first-order valence-electron chi connectivity index (χ1n) is 38.3. The highest BCUT2D eigenvalue weighted by Crippen LogP contribution is 2.19. The molecule has 1 amide bonds. The van der Waals surface area contributed by atoms with Crippen molar-refractivity contribution in [3.05, 3.63) is 36.5 Å². The van der Waals surface area contributed by atoms with Crippen LogP contribution in [0, 0.1) is 0 Å². The van der Waals surface area contributed by atoms with Gasteiger partial charge in [0.1, 0.15) is 0 Å². The molecule has 2 unspecified atom stereocenters. The number of ether oxygens (including phenoxy) is 1. The number of hydrogen-bond acceptors (Lipinski definition) is 5. The van der Waals surface area contributed by atoms with Crippen LogP contribution in [0.4, 0.5) is 0 Å². The van der Waals surface area contributed by atoms with Crippen LogP contribution >= 0.6 is 0 Å². The fourth-order valence-corrected chi connectivity index (χ4v) is 12.1. The summed E-state index contributed by atoms with van der Waals surface area (Å²) in [6.07, 6.45) is 95.6. The minimum atomic E-state index is -0.839. The quantitative estimate of drug-likeness (QED) is 0.0320. The van der Waals surface area contributed by atoms with Crippen LogP contribution in [-0.4, -0.2) is 47.4 Å². The molecule has 0 aliphatic rings. The Balaban J connectivity index is 3.29. The number of aliphatic hydroxyl groups is 2. The second kappa shape index (κ2) is 73.5. The molecule has 0 aromatic rings. The largest absolute Gasteiger partial charge is 0.466 e. The number of allylic oxidation sites excluding steroid dienone is 5. The van der Waals surface area contributed by atoms with E-state index in [9.17, 15) is 19.8 Å². The molecule has 2 atom stereocenters. The Bertz CT molecular complexity index is 1360. The van der Waals surface area contributed by atoms with E-state index in [1.165, 1.54) is 347 Å². The van der Waals surface area contributed by atoms with E-state index in [-0.39, 0.29) is 18.5 Å². The van der Waals surface area contributed by atoms with E-state index in [1.807, 2.05) is 6.08 Å². The zero-order valence-electron chi connectivity index (χ0n) is 56.9. The van der Waals surface area contributed by atoms with Gasteiger partial charge in [-0.2, -0.15) is 0 Å². The minimum Gasteiger partial charge on any atom is -0.466 e. The first-order valence-corrected chi connectivity index (χ1v) is 38.3. The number of nitrogens with one attached hydrogen (secondary N) is 1. The molecule has 0 saturated carbocycles. The highest BCUT2D eigenvalue weighted by molar-refractivity contribution is 5.76. The van der Waals surface area contributed by atoms with Crippen molar-refractivity contribution in [3.8, 4) is 0 Å². The molecule has 0 radical (unpaired) electrons. The Kier molecular flexibility index (Phi) is 71.9. The monoisotopic (exact) mass is 1180 g/mol. The van der Waals surface area contributed by atoms with Crippen molar-refractivity contribution < 1.29 is 24.5 Å². The van der Waals surface area contributed by atoms with Gasteiger partial charge in [-0.3, -0.25) is 9.59 Å². The smallest absolute Gasteiger partial charge is 0.305 e. The van der Waals surface area contributed by atoms with Crippen LogP contribution in [-0.2, 0) is 14.3 Å². The van der Waals surface area contributed by atoms with Gasteiger partial charge < -0.3 is 20.3 Å². The fraction of sp³-hybridized carbons (Fsp3) is 0.897. The maximum Gasteiger partial charge on any atom is 0.305 e. The number of rotatable bonds is 72. The lowest BCUT2D eigenvalue weighted by atomic mass is 10.0. The molecule has 496 valence electrons. The average molecular weight is 1180 g/mol. The second-order valence-corrected chi connectivity index (χ2v) is 26.3. The molecule has 0 spiro atoms. The maximum atomic E-state index is 12.5. The van der Waals surface area contributed by atoms with Gasteiger partial charge in [0.25, 0.3) is 0 Å². The van der Waals surface area contributed by atoms with E-state index < -0.39 is 12.1 Å². The fourth-order valence-electron chi connectivity index (χ4n) is 12.1. The summed E-state index contributed by atoms with van der Waals surface area (Å²) in [5, 5.41) is 23.1. The SMILES string of the molecule is CCCCCC/C=C\C/C=C\CCCCCCCC(=O)OCCCCCCCCCCCCCCCCCCCCCCCCCCCCCCCCCCCCCCCCCC(=O)NC(CO)C(O)/C=C/CCCCCCCCCCCC. The molecular weight excluding hydrogens is 1030 g/mol. The molecule has 6 nitrogen and oxygen atoms in total. The van der Waals surface area contributed by atoms with E-state index in [0.717, 1.165) is 51.4 Å². The standard InChI is InChI=1S/C78H149NO5/c1-3-5-7-9-11-13-15-17-18-45-48-52-56-60-64-68-72-78(83)84-73-69-65-61-57-53-49-46-43-41-39-37-35-33-31-29-27-25-23-21-19-20-22-24-26-28-30-32-34-36-38-40-42-44-47-51-55-59-63-67-71-77(82)79-75(74-80)76(81)70-66-62-58-54-50-16-14-12-10-8-6-4-2/h13,15,18,45,66,70,75-76,80-81H,3-12,14,16-17,19-44,46-65,67-69,71-74H2,1-2H3,(H,79,82)/b15-13-,45-18-,70-66+. The average Bonchev–Trinajstić information content (AvgIpc) is 3.50. The molecular formula is C78H149NO5. The summed E-state index contributed by atoms with van der Waals surface area (Å²) < 4.78 is 5.50. The number of hydrogen-bond donors (Lipinski definition) is 3. The van der Waals surface area contributed by atoms with E-state index in [0.29, 0.717) is 19.4 Å². The Hall–Kier alpha value is -1.92. The highest BCUT2D eigenvalue weighted by atomic mass is 16.5. The van der Waals surface area contributed by atoms with Crippen LogP contribution in [0.25, 0.3) is 0 Å². The lowest BCUT2D eigenvalue weighted by Crippen LogP contribution is -2.45. The van der Waals surface area contributed by atoms with Crippen LogP contribution in [0.2, 0.25) is 0 Å². The first kappa shape index (κ1) is 82.1. The Morgan fingerprint density at radius 2 is 0.595 bits per heavy atom. The lowest BCUT2D eigenvalue weighted by Gasteiger charge is -2.20. The third-order valence-corrected chi connectivity index (χ3v) is 17.9. The zero-order chi connectivity index (χ0) is 60.6. The zero-order valence-corrected chi connectivity index (χ0v) is 56.9. The predicted octanol–water partition coefficient (Wildman–Crippen LogP) is 25.0. The Morgan fingerprint density at radius 3 is 0.917 bits per heavy atom. The third-order valence-electron chi connectivity index (χ3n) is 17.9. The number of carbonyl (C=O) groups is 2. The van der Waals surface area contributed by atoms with Gasteiger partial charge in [0.2, 0.25) is 5.91 Å². The number of unbranched alkanes of at least 4 members (excludes halogenated alkanes) is 57. The topological polar surface area (TPSA) is 95.9 Å². The van der Waals surface area contributed by atoms with Gasteiger partial charge in [-0.25, -0.2) is 0 Å². The molecule has 0 rings (SSSR count). The van der Waals surface area contributed by atoms with E-state index in [4.69, 9.17) is 4.74 Å². The molecule has 0 aliphatic carbocycles. The number of amides is 1. The van der Waals surface area contributed by atoms with Crippen molar-refractivity contribution in [2.24, 2.45) is 0 Å². The van der Waals surface area contributed by atoms with E-state index >= 15 is 0 Å². The summed E-state index contributed by atoms with van der Waals surface area (Å²) in [4.78, 5) is 24.5. The molecule has 0 fully saturated rings. The number of aliphatic hydroxyl groups excluding tert-OH is 2. The van der Waals surface area contributed by atoms with Gasteiger partial charge >= 0.3 is 5.97 Å². The van der Waals surface area contributed by atoms with Gasteiger partial charge in [0.15, 0.2) is 0 Å². The molecule has 3 N–H and O–H groups in total. The van der Waals surface area contributed by atoms with Gasteiger partial charge in [-0.15, -0.1) is 0 Å². The van der Waals surface area contributed by atoms with Crippen molar-refractivity contribution in [2.45, 2.75) is 437 Å². The van der Waals surface area contributed by atoms with Crippen LogP contribution in [0.1, 0.15) is 425 Å². The lowest BCUT2D eigenvalue weighted by molar-refractivity contribution is -0.143. The summed E-state index contributed by atoms with van der Waals surface area (Å²) in [5.41, 5.74) is 0. The molecule has 0 bridgehead atoms. The summed E-state index contributed by atoms with van der Waals surface area (Å²) >= 11 is 0. The predicted molar refractivity (Wildman–Crippen MR) is 370 cm³/mol. The Labute approximate surface area is 525 Å². The summed E-state index contributed by atoms with van der Waals surface area (Å²) in [7, 11) is 0. The summed E-state index contributed by atoms with van der Waals surface area (Å²) in [5.74, 6) is -0.0500. The van der Waals surface area contributed by atoms with Gasteiger partial charge in [0.05, 0.1) is 25.4 Å². The normalized spacial score (nSPS) is 12.7. The minimum absolute atomic E-state index is 0.0108. The summed E-state index contributed by atoms with van der Waals surface area (Å²) in [6, 6.07) is -0.622. The highest BCUT2D eigenvalue weighted by Gasteiger charge is 2.18. The van der Waals surface area contributed by atoms with Gasteiger partial charge in [-0.05, 0) is 64.2 Å². The molecule has 0 aliphatic heterocycles. The molecule has 84 heavy (non-hydrogen) atoms. The second-order valence-electron chi connectivity index (χ2n) is 26.3. The third kappa shape index (κ3) is 69.2. The Morgan fingerprint density at radius 1 is 0.333 bits per heavy atom. The molecule has 0 aromatic heterocycles. The van der Waals surface area contributed by atoms with E-state index in [2.05, 4.69) is 43.5 Å². The maximum absolute atomic E-state index is 12.5. The molecule has 0 heterocycles. The van der Waals surface area contributed by atoms with Crippen LogP contribution in [0.3, 0.4) is 0 Å². The van der Waals surface area contributed by atoms with Gasteiger partial charge in [-0.1, -0.05) is 384 Å². The van der Waals surface area contributed by atoms with Crippen LogP contribution in [0.5, 0.6) is 0 Å². The van der Waals surface area contributed by atoms with Crippen molar-refractivity contribution in [1.82, 2.24) is 5.32 Å². The van der Waals surface area contributed by atoms with Crippen molar-refractivity contribution in [1.29, 1.82) is 0 Å². The number of carbonyl (C=O) groups excluding carboxylic acids is 2. The molecule has 0 saturated heterocycles. The van der Waals surface area contributed by atoms with Crippen LogP contribution < -0.4 is 5.32 Å².